The number of thiazole rings is 1. The summed E-state index contributed by atoms with van der Waals surface area (Å²) in [6.45, 7) is 1.32. The highest BCUT2D eigenvalue weighted by Crippen LogP contribution is 2.33. The maximum Gasteiger partial charge on any atom is 0.427 e. The number of hydrogen-bond acceptors (Lipinski definition) is 2. The molecule has 0 aliphatic carbocycles. The second-order valence-corrected chi connectivity index (χ2v) is 2.51. The fourth-order valence-corrected chi connectivity index (χ4v) is 1.11. The first-order chi connectivity index (χ1) is 4.52. The fourth-order valence-electron chi connectivity index (χ4n) is 0.525. The van der Waals surface area contributed by atoms with Crippen LogP contribution in [0.2, 0.25) is 0 Å². The van der Waals surface area contributed by atoms with E-state index >= 15 is 0 Å². The lowest BCUT2D eigenvalue weighted by atomic mass is 10.4. The van der Waals surface area contributed by atoms with E-state index in [1.807, 2.05) is 0 Å². The molecule has 1 nitrogen and oxygen atoms in total. The molecule has 0 fully saturated rings. The Bertz CT molecular complexity index is 227. The Hall–Kier alpha value is -0.580. The van der Waals surface area contributed by atoms with Gasteiger partial charge in [-0.25, -0.2) is 4.98 Å². The minimum atomic E-state index is -4.26. The van der Waals surface area contributed by atoms with Crippen LogP contribution in [0.1, 0.15) is 10.6 Å². The molecular formula is C5H3F3NS. The van der Waals surface area contributed by atoms with Gasteiger partial charge in [0, 0.05) is 0 Å². The van der Waals surface area contributed by atoms with E-state index in [0.29, 0.717) is 11.3 Å². The molecule has 1 aromatic rings. The molecule has 0 saturated carbocycles. The van der Waals surface area contributed by atoms with Gasteiger partial charge >= 0.3 is 6.18 Å². The Morgan fingerprint density at radius 3 is 2.30 bits per heavy atom. The van der Waals surface area contributed by atoms with Crippen LogP contribution < -0.4 is 0 Å². The minimum Gasteiger partial charge on any atom is -0.238 e. The van der Waals surface area contributed by atoms with Gasteiger partial charge in [0.25, 0.3) is 0 Å². The molecular weight excluding hydrogens is 163 g/mol. The fraction of sp³-hybridized carbons (Fsp3) is 0.400. The highest BCUT2D eigenvalue weighted by atomic mass is 32.1. The van der Waals surface area contributed by atoms with E-state index in [0.717, 1.165) is 0 Å². The topological polar surface area (TPSA) is 12.9 Å². The monoisotopic (exact) mass is 166 g/mol. The molecule has 1 heterocycles. The van der Waals surface area contributed by atoms with Crippen LogP contribution in [-0.2, 0) is 6.18 Å². The van der Waals surface area contributed by atoms with E-state index in [1.54, 1.807) is 0 Å². The number of aryl methyl sites for hydroxylation is 1. The van der Waals surface area contributed by atoms with Crippen molar-refractivity contribution in [3.63, 3.8) is 0 Å². The number of rotatable bonds is 0. The number of halogens is 3. The minimum absolute atomic E-state index is 0.00231. The number of alkyl halides is 3. The summed E-state index contributed by atoms with van der Waals surface area (Å²) in [5, 5.41) is 0. The second-order valence-electron chi connectivity index (χ2n) is 1.72. The van der Waals surface area contributed by atoms with Gasteiger partial charge in [-0.1, -0.05) is 0 Å². The van der Waals surface area contributed by atoms with Crippen molar-refractivity contribution in [3.8, 4) is 0 Å². The van der Waals surface area contributed by atoms with Gasteiger partial charge in [0.05, 0.1) is 5.69 Å². The zero-order valence-electron chi connectivity index (χ0n) is 4.99. The van der Waals surface area contributed by atoms with Crippen LogP contribution in [0.4, 0.5) is 13.2 Å². The first kappa shape index (κ1) is 7.53. The molecule has 0 atom stereocenters. The van der Waals surface area contributed by atoms with Gasteiger partial charge in [0.15, 0.2) is 5.51 Å². The number of aromatic nitrogens is 1. The smallest absolute Gasteiger partial charge is 0.238 e. The molecule has 0 aliphatic heterocycles. The number of nitrogens with zero attached hydrogens (tertiary/aromatic N) is 1. The van der Waals surface area contributed by atoms with Gasteiger partial charge in [-0.15, -0.1) is 11.3 Å². The molecule has 0 N–H and O–H groups in total. The zero-order valence-corrected chi connectivity index (χ0v) is 5.81. The highest BCUT2D eigenvalue weighted by Gasteiger charge is 2.34. The Kier molecular flexibility index (Phi) is 1.68. The molecule has 55 valence electrons. The third-order valence-electron chi connectivity index (χ3n) is 0.947. The lowest BCUT2D eigenvalue weighted by Crippen LogP contribution is -2.03. The predicted octanol–water partition coefficient (Wildman–Crippen LogP) is 2.27. The van der Waals surface area contributed by atoms with Crippen molar-refractivity contribution in [1.29, 1.82) is 0 Å². The average molecular weight is 166 g/mol. The van der Waals surface area contributed by atoms with Crippen LogP contribution in [0.3, 0.4) is 0 Å². The zero-order chi connectivity index (χ0) is 7.78. The normalized spacial score (nSPS) is 12.0. The number of hydrogen-bond donors (Lipinski definition) is 0. The van der Waals surface area contributed by atoms with E-state index in [1.165, 1.54) is 6.92 Å². The molecule has 0 aromatic carbocycles. The summed E-state index contributed by atoms with van der Waals surface area (Å²) < 4.78 is 35.5. The van der Waals surface area contributed by atoms with Gasteiger partial charge in [-0.05, 0) is 6.92 Å². The molecule has 0 unspecified atom stereocenters. The molecule has 0 spiro atoms. The molecule has 10 heavy (non-hydrogen) atoms. The molecule has 0 amide bonds. The van der Waals surface area contributed by atoms with Crippen LogP contribution in [0.25, 0.3) is 0 Å². The highest BCUT2D eigenvalue weighted by molar-refractivity contribution is 7.09. The third kappa shape index (κ3) is 1.29. The predicted molar refractivity (Wildman–Crippen MR) is 30.7 cm³/mol. The summed E-state index contributed by atoms with van der Waals surface area (Å²) in [6.07, 6.45) is -4.26. The summed E-state index contributed by atoms with van der Waals surface area (Å²) in [4.78, 5) is 2.70. The van der Waals surface area contributed by atoms with Crippen LogP contribution >= 0.6 is 11.3 Å². The molecule has 5 heteroatoms. The van der Waals surface area contributed by atoms with Crippen LogP contribution in [0, 0.1) is 12.4 Å². The van der Waals surface area contributed by atoms with Crippen LogP contribution in [-0.4, -0.2) is 4.98 Å². The van der Waals surface area contributed by atoms with Gasteiger partial charge in [-0.2, -0.15) is 13.2 Å². The Morgan fingerprint density at radius 1 is 1.50 bits per heavy atom. The van der Waals surface area contributed by atoms with Crippen molar-refractivity contribution >= 4 is 11.3 Å². The summed E-state index contributed by atoms with van der Waals surface area (Å²) in [7, 11) is 0. The molecule has 0 bridgehead atoms. The summed E-state index contributed by atoms with van der Waals surface area (Å²) >= 11 is 0.495. The van der Waals surface area contributed by atoms with Gasteiger partial charge in [0.1, 0.15) is 4.88 Å². The SMILES string of the molecule is Cc1n[c]sc1C(F)(F)F. The van der Waals surface area contributed by atoms with Gasteiger partial charge in [-0.3, -0.25) is 0 Å². The molecule has 1 rings (SSSR count). The Morgan fingerprint density at radius 2 is 2.10 bits per heavy atom. The molecule has 0 aliphatic rings. The van der Waals surface area contributed by atoms with E-state index in [9.17, 15) is 13.2 Å². The summed E-state index contributed by atoms with van der Waals surface area (Å²) in [5.41, 5.74) is 2.17. The summed E-state index contributed by atoms with van der Waals surface area (Å²) in [5.74, 6) is 0. The summed E-state index contributed by atoms with van der Waals surface area (Å²) in [6, 6.07) is 0. The Balaban J connectivity index is 3.05. The van der Waals surface area contributed by atoms with Crippen molar-refractivity contribution in [1.82, 2.24) is 4.98 Å². The third-order valence-corrected chi connectivity index (χ3v) is 1.86. The standard InChI is InChI=1S/C5H3F3NS/c1-3-4(5(6,7)8)10-2-9-3/h1H3. The van der Waals surface area contributed by atoms with Crippen LogP contribution in [0.5, 0.6) is 0 Å². The first-order valence-corrected chi connectivity index (χ1v) is 3.24. The largest absolute Gasteiger partial charge is 0.427 e. The van der Waals surface area contributed by atoms with Crippen LogP contribution in [0.15, 0.2) is 0 Å². The van der Waals surface area contributed by atoms with E-state index < -0.39 is 11.1 Å². The lowest BCUT2D eigenvalue weighted by Gasteiger charge is -2.01. The van der Waals surface area contributed by atoms with E-state index in [2.05, 4.69) is 10.5 Å². The maximum absolute atomic E-state index is 11.8. The quantitative estimate of drug-likeness (QED) is 0.576. The van der Waals surface area contributed by atoms with E-state index in [-0.39, 0.29) is 5.69 Å². The maximum atomic E-state index is 11.8. The first-order valence-electron chi connectivity index (χ1n) is 2.42. The van der Waals surface area contributed by atoms with Crippen molar-refractivity contribution in [2.45, 2.75) is 13.1 Å². The van der Waals surface area contributed by atoms with Crippen molar-refractivity contribution in [3.05, 3.63) is 16.1 Å². The lowest BCUT2D eigenvalue weighted by molar-refractivity contribution is -0.134. The molecule has 1 aromatic heterocycles. The average Bonchev–Trinajstić information content (AvgIpc) is 2.11. The van der Waals surface area contributed by atoms with Crippen molar-refractivity contribution in [2.75, 3.05) is 0 Å². The van der Waals surface area contributed by atoms with Crippen molar-refractivity contribution < 1.29 is 13.2 Å². The Labute approximate surface area is 59.5 Å². The molecule has 0 saturated heterocycles. The van der Waals surface area contributed by atoms with Gasteiger partial charge in [0.2, 0.25) is 0 Å². The second kappa shape index (κ2) is 2.23. The molecule has 1 radical (unpaired) electrons. The van der Waals surface area contributed by atoms with Crippen molar-refractivity contribution in [2.24, 2.45) is 0 Å². The van der Waals surface area contributed by atoms with Gasteiger partial charge < -0.3 is 0 Å². The van der Waals surface area contributed by atoms with E-state index in [4.69, 9.17) is 0 Å².